The lowest BCUT2D eigenvalue weighted by Crippen LogP contribution is -2.48. The number of nitrogens with zero attached hydrogens (tertiary/aromatic N) is 4. The predicted molar refractivity (Wildman–Crippen MR) is 161 cm³/mol. The van der Waals surface area contributed by atoms with E-state index in [-0.39, 0.29) is 35.4 Å². The maximum atomic E-state index is 13.8. The number of rotatable bonds is 7. The van der Waals surface area contributed by atoms with E-state index in [4.69, 9.17) is 26.1 Å². The molecule has 2 aliphatic heterocycles. The number of aryl methyl sites for hydroxylation is 1. The van der Waals surface area contributed by atoms with E-state index < -0.39 is 10.0 Å². The summed E-state index contributed by atoms with van der Waals surface area (Å²) in [6.07, 6.45) is -0.367. The van der Waals surface area contributed by atoms with Crippen LogP contribution in [0.25, 0.3) is 10.2 Å². The normalized spacial score (nSPS) is 20.8. The largest absolute Gasteiger partial charge is 0.379 e. The summed E-state index contributed by atoms with van der Waals surface area (Å²) in [6, 6.07) is 9.91. The third-order valence-corrected chi connectivity index (χ3v) is 10.1. The van der Waals surface area contributed by atoms with E-state index >= 15 is 0 Å². The molecule has 3 aromatic rings. The number of hydrogen-bond donors (Lipinski definition) is 0. The summed E-state index contributed by atoms with van der Waals surface area (Å²) in [4.78, 5) is 22.7. The first-order chi connectivity index (χ1) is 18.6. The number of fused-ring (bicyclic) bond motifs is 1. The SMILES string of the molecule is Cc1cc(Cl)cc2sc(N(CCN3CCOCC3)C(=O)c3ccc(S(=O)(=O)N4CC(C)OC(C)C4)cc3)nc12.Cl. The van der Waals surface area contributed by atoms with Crippen molar-refractivity contribution in [3.63, 3.8) is 0 Å². The molecule has 1 amide bonds. The van der Waals surface area contributed by atoms with Gasteiger partial charge in [-0.1, -0.05) is 22.9 Å². The zero-order valence-corrected chi connectivity index (χ0v) is 25.9. The van der Waals surface area contributed by atoms with E-state index in [1.807, 2.05) is 32.9 Å². The molecule has 2 saturated heterocycles. The van der Waals surface area contributed by atoms with E-state index in [1.165, 1.54) is 27.8 Å². The number of halogens is 2. The number of anilines is 1. The summed E-state index contributed by atoms with van der Waals surface area (Å²) >= 11 is 7.70. The van der Waals surface area contributed by atoms with Crippen LogP contribution in [0, 0.1) is 6.92 Å². The third-order valence-electron chi connectivity index (χ3n) is 6.98. The van der Waals surface area contributed by atoms with Crippen LogP contribution in [0.3, 0.4) is 0 Å². The van der Waals surface area contributed by atoms with Gasteiger partial charge in [0, 0.05) is 49.9 Å². The van der Waals surface area contributed by atoms with Crippen LogP contribution in [-0.2, 0) is 19.5 Å². The number of benzene rings is 2. The maximum absolute atomic E-state index is 13.8. The second kappa shape index (κ2) is 13.0. The molecule has 2 aliphatic rings. The van der Waals surface area contributed by atoms with Crippen molar-refractivity contribution in [1.82, 2.24) is 14.2 Å². The molecule has 9 nitrogen and oxygen atoms in total. The Bertz CT molecular complexity index is 1440. The van der Waals surface area contributed by atoms with Crippen LogP contribution >= 0.6 is 35.3 Å². The van der Waals surface area contributed by atoms with Gasteiger partial charge in [0.1, 0.15) is 0 Å². The fraction of sp³-hybridized carbons (Fsp3) is 0.481. The lowest BCUT2D eigenvalue weighted by molar-refractivity contribution is -0.0440. The first-order valence-electron chi connectivity index (χ1n) is 13.1. The second-order valence-corrected chi connectivity index (χ2v) is 13.5. The second-order valence-electron chi connectivity index (χ2n) is 10.1. The van der Waals surface area contributed by atoms with Crippen molar-refractivity contribution in [2.75, 3.05) is 57.4 Å². The van der Waals surface area contributed by atoms with Crippen LogP contribution in [0.2, 0.25) is 5.02 Å². The van der Waals surface area contributed by atoms with Gasteiger partial charge in [-0.15, -0.1) is 12.4 Å². The van der Waals surface area contributed by atoms with Crippen LogP contribution in [0.1, 0.15) is 29.8 Å². The minimum absolute atomic E-state index is 0. The number of sulfonamides is 1. The van der Waals surface area contributed by atoms with Gasteiger partial charge < -0.3 is 9.47 Å². The van der Waals surface area contributed by atoms with Gasteiger partial charge in [-0.2, -0.15) is 4.31 Å². The molecule has 1 aromatic heterocycles. The average molecular weight is 630 g/mol. The van der Waals surface area contributed by atoms with Crippen molar-refractivity contribution >= 4 is 66.6 Å². The summed E-state index contributed by atoms with van der Waals surface area (Å²) in [5.41, 5.74) is 2.16. The molecule has 13 heteroatoms. The Morgan fingerprint density at radius 3 is 2.42 bits per heavy atom. The fourth-order valence-corrected chi connectivity index (χ4v) is 8.04. The summed E-state index contributed by atoms with van der Waals surface area (Å²) in [6.45, 7) is 10.3. The van der Waals surface area contributed by atoms with E-state index in [1.54, 1.807) is 17.0 Å². The van der Waals surface area contributed by atoms with Gasteiger partial charge in [-0.05, 0) is 62.7 Å². The van der Waals surface area contributed by atoms with E-state index in [0.29, 0.717) is 55.1 Å². The highest BCUT2D eigenvalue weighted by Gasteiger charge is 2.32. The molecule has 218 valence electrons. The molecule has 2 aromatic carbocycles. The zero-order chi connectivity index (χ0) is 27.7. The summed E-state index contributed by atoms with van der Waals surface area (Å²) in [7, 11) is -3.71. The molecule has 0 N–H and O–H groups in total. The Hall–Kier alpha value is -1.83. The van der Waals surface area contributed by atoms with Gasteiger partial charge in [0.25, 0.3) is 5.91 Å². The number of hydrogen-bond acceptors (Lipinski definition) is 8. The summed E-state index contributed by atoms with van der Waals surface area (Å²) < 4.78 is 40.1. The molecular formula is C27H34Cl2N4O5S2. The third kappa shape index (κ3) is 6.79. The van der Waals surface area contributed by atoms with Crippen LogP contribution in [0.5, 0.6) is 0 Å². The molecule has 0 spiro atoms. The number of thiazole rings is 1. The Balaban J connectivity index is 0.00000370. The van der Waals surface area contributed by atoms with Crippen molar-refractivity contribution in [3.05, 3.63) is 52.5 Å². The van der Waals surface area contributed by atoms with Gasteiger partial charge in [0.05, 0.1) is 40.5 Å². The van der Waals surface area contributed by atoms with E-state index in [2.05, 4.69) is 4.90 Å². The lowest BCUT2D eigenvalue weighted by Gasteiger charge is -2.34. The Kier molecular flexibility index (Phi) is 10.1. The van der Waals surface area contributed by atoms with Crippen molar-refractivity contribution in [3.8, 4) is 0 Å². The molecule has 0 bridgehead atoms. The van der Waals surface area contributed by atoms with Gasteiger partial charge in [0.2, 0.25) is 10.0 Å². The fourth-order valence-electron chi connectivity index (χ4n) is 5.01. The minimum Gasteiger partial charge on any atom is -0.379 e. The maximum Gasteiger partial charge on any atom is 0.260 e. The number of carbonyl (C=O) groups is 1. The monoisotopic (exact) mass is 628 g/mol. The van der Waals surface area contributed by atoms with E-state index in [0.717, 1.165) is 28.9 Å². The Morgan fingerprint density at radius 2 is 1.77 bits per heavy atom. The molecule has 40 heavy (non-hydrogen) atoms. The quantitative estimate of drug-likeness (QED) is 0.381. The highest BCUT2D eigenvalue weighted by Crippen LogP contribution is 2.34. The molecule has 2 atom stereocenters. The van der Waals surface area contributed by atoms with Gasteiger partial charge in [-0.3, -0.25) is 14.6 Å². The van der Waals surface area contributed by atoms with Crippen LogP contribution in [-0.4, -0.2) is 93.2 Å². The predicted octanol–water partition coefficient (Wildman–Crippen LogP) is 4.46. The van der Waals surface area contributed by atoms with Crippen LogP contribution < -0.4 is 4.90 Å². The number of ether oxygens (including phenoxy) is 2. The molecule has 2 unspecified atom stereocenters. The van der Waals surface area contributed by atoms with Crippen molar-refractivity contribution in [2.45, 2.75) is 37.9 Å². The molecule has 5 rings (SSSR count). The molecule has 3 heterocycles. The standard InChI is InChI=1S/C27H33ClN4O5S2.ClH/c1-18-14-22(28)15-24-25(18)29-27(38-24)32(9-8-30-10-12-36-13-11-30)26(33)21-4-6-23(7-5-21)39(34,35)31-16-19(2)37-20(3)17-31;/h4-7,14-15,19-20H,8-13,16-17H2,1-3H3;1H. The first kappa shape index (κ1) is 31.1. The van der Waals surface area contributed by atoms with Gasteiger partial charge >= 0.3 is 0 Å². The van der Waals surface area contributed by atoms with Crippen molar-refractivity contribution < 1.29 is 22.7 Å². The van der Waals surface area contributed by atoms with Crippen LogP contribution in [0.15, 0.2) is 41.3 Å². The first-order valence-corrected chi connectivity index (χ1v) is 15.7. The lowest BCUT2D eigenvalue weighted by atomic mass is 10.2. The summed E-state index contributed by atoms with van der Waals surface area (Å²) in [5, 5.41) is 1.21. The number of aromatic nitrogens is 1. The molecule has 0 aliphatic carbocycles. The molecule has 0 saturated carbocycles. The van der Waals surface area contributed by atoms with Crippen molar-refractivity contribution in [1.29, 1.82) is 0 Å². The zero-order valence-electron chi connectivity index (χ0n) is 22.7. The number of carbonyl (C=O) groups excluding carboxylic acids is 1. The van der Waals surface area contributed by atoms with E-state index in [9.17, 15) is 13.2 Å². The average Bonchev–Trinajstić information content (AvgIpc) is 3.33. The Morgan fingerprint density at radius 1 is 1.12 bits per heavy atom. The number of amides is 1. The topological polar surface area (TPSA) is 92.3 Å². The molecule has 0 radical (unpaired) electrons. The van der Waals surface area contributed by atoms with Crippen molar-refractivity contribution in [2.24, 2.45) is 0 Å². The summed E-state index contributed by atoms with van der Waals surface area (Å²) in [5.74, 6) is -0.233. The molecule has 2 fully saturated rings. The number of morpholine rings is 2. The highest BCUT2D eigenvalue weighted by molar-refractivity contribution is 7.89. The molecular weight excluding hydrogens is 595 g/mol. The van der Waals surface area contributed by atoms with Gasteiger partial charge in [-0.25, -0.2) is 13.4 Å². The smallest absolute Gasteiger partial charge is 0.260 e. The Labute approximate surface area is 250 Å². The highest BCUT2D eigenvalue weighted by atomic mass is 35.5. The minimum atomic E-state index is -3.71. The van der Waals surface area contributed by atoms with Crippen LogP contribution in [0.4, 0.5) is 5.13 Å². The van der Waals surface area contributed by atoms with Gasteiger partial charge in [0.15, 0.2) is 5.13 Å².